The molecule has 1 unspecified atom stereocenters. The van der Waals surface area contributed by atoms with E-state index in [1.165, 1.54) is 7.11 Å². The third kappa shape index (κ3) is 5.62. The van der Waals surface area contributed by atoms with E-state index in [2.05, 4.69) is 0 Å². The van der Waals surface area contributed by atoms with E-state index in [1.54, 1.807) is 14.2 Å². The van der Waals surface area contributed by atoms with E-state index in [0.29, 0.717) is 30.9 Å². The largest absolute Gasteiger partial charge is 0.493 e. The van der Waals surface area contributed by atoms with E-state index in [9.17, 15) is 9.59 Å². The van der Waals surface area contributed by atoms with Crippen LogP contribution in [0.3, 0.4) is 0 Å². The van der Waals surface area contributed by atoms with E-state index >= 15 is 0 Å². The first-order valence-corrected chi connectivity index (χ1v) is 9.58. The molecule has 0 saturated heterocycles. The highest BCUT2D eigenvalue weighted by atomic mass is 16.5. The van der Waals surface area contributed by atoms with Gasteiger partial charge in [0.2, 0.25) is 5.91 Å². The van der Waals surface area contributed by atoms with Gasteiger partial charge in [0, 0.05) is 19.0 Å². The lowest BCUT2D eigenvalue weighted by atomic mass is 10.1. The second-order valence-corrected chi connectivity index (χ2v) is 7.10. The SMILES string of the molecule is COC(=O)C(C)CN(C(=O)CCc1ccc(OC)c(OC)c1)C1CCCC1. The molecule has 1 aromatic rings. The number of aryl methyl sites for hydroxylation is 1. The second-order valence-electron chi connectivity index (χ2n) is 7.10. The lowest BCUT2D eigenvalue weighted by Gasteiger charge is -2.31. The highest BCUT2D eigenvalue weighted by molar-refractivity contribution is 5.78. The van der Waals surface area contributed by atoms with Gasteiger partial charge in [0.1, 0.15) is 0 Å². The number of esters is 1. The summed E-state index contributed by atoms with van der Waals surface area (Å²) >= 11 is 0. The fraction of sp³-hybridized carbons (Fsp3) is 0.619. The van der Waals surface area contributed by atoms with Gasteiger partial charge in [0.05, 0.1) is 27.2 Å². The molecular formula is C21H31NO5. The van der Waals surface area contributed by atoms with Gasteiger partial charge in [-0.2, -0.15) is 0 Å². The van der Waals surface area contributed by atoms with Crippen LogP contribution in [0, 0.1) is 5.92 Å². The van der Waals surface area contributed by atoms with Gasteiger partial charge in [-0.05, 0) is 37.0 Å². The maximum atomic E-state index is 12.9. The average molecular weight is 377 g/mol. The summed E-state index contributed by atoms with van der Waals surface area (Å²) in [6.07, 6.45) is 5.31. The molecule has 0 bridgehead atoms. The molecule has 1 aliphatic carbocycles. The van der Waals surface area contributed by atoms with Crippen molar-refractivity contribution in [2.75, 3.05) is 27.9 Å². The van der Waals surface area contributed by atoms with E-state index in [0.717, 1.165) is 31.2 Å². The topological polar surface area (TPSA) is 65.1 Å². The first-order chi connectivity index (χ1) is 13.0. The van der Waals surface area contributed by atoms with E-state index in [1.807, 2.05) is 30.0 Å². The van der Waals surface area contributed by atoms with Crippen LogP contribution in [0.4, 0.5) is 0 Å². The highest BCUT2D eigenvalue weighted by Gasteiger charge is 2.29. The molecule has 0 aromatic heterocycles. The van der Waals surface area contributed by atoms with Crippen molar-refractivity contribution < 1.29 is 23.8 Å². The summed E-state index contributed by atoms with van der Waals surface area (Å²) in [5, 5.41) is 0. The smallest absolute Gasteiger partial charge is 0.310 e. The Morgan fingerprint density at radius 1 is 1.11 bits per heavy atom. The summed E-state index contributed by atoms with van der Waals surface area (Å²) in [5.41, 5.74) is 1.02. The number of benzene rings is 1. The van der Waals surface area contributed by atoms with Gasteiger partial charge in [-0.15, -0.1) is 0 Å². The van der Waals surface area contributed by atoms with Gasteiger partial charge in [-0.25, -0.2) is 0 Å². The molecule has 0 aliphatic heterocycles. The van der Waals surface area contributed by atoms with Gasteiger partial charge in [0.25, 0.3) is 0 Å². The Morgan fingerprint density at radius 3 is 2.37 bits per heavy atom. The first kappa shape index (κ1) is 21.1. The van der Waals surface area contributed by atoms with Gasteiger partial charge >= 0.3 is 5.97 Å². The predicted octanol–water partition coefficient (Wildman–Crippen LogP) is 3.22. The van der Waals surface area contributed by atoms with Crippen LogP contribution < -0.4 is 9.47 Å². The minimum atomic E-state index is -0.319. The number of hydrogen-bond acceptors (Lipinski definition) is 5. The first-order valence-electron chi connectivity index (χ1n) is 9.58. The van der Waals surface area contributed by atoms with Gasteiger partial charge < -0.3 is 19.1 Å². The van der Waals surface area contributed by atoms with Crippen LogP contribution in [0.1, 0.15) is 44.6 Å². The van der Waals surface area contributed by atoms with E-state index < -0.39 is 0 Å². The minimum Gasteiger partial charge on any atom is -0.493 e. The second kappa shape index (κ2) is 10.2. The molecule has 0 N–H and O–H groups in total. The number of methoxy groups -OCH3 is 3. The van der Waals surface area contributed by atoms with Crippen LogP contribution in [-0.4, -0.2) is 50.7 Å². The van der Waals surface area contributed by atoms with Crippen LogP contribution in [0.2, 0.25) is 0 Å². The predicted molar refractivity (Wildman–Crippen MR) is 103 cm³/mol. The third-order valence-corrected chi connectivity index (χ3v) is 5.24. The summed E-state index contributed by atoms with van der Waals surface area (Å²) in [4.78, 5) is 26.7. The third-order valence-electron chi connectivity index (χ3n) is 5.24. The van der Waals surface area contributed by atoms with E-state index in [-0.39, 0.29) is 23.8 Å². The van der Waals surface area contributed by atoms with Crippen molar-refractivity contribution in [3.63, 3.8) is 0 Å². The zero-order valence-corrected chi connectivity index (χ0v) is 16.8. The molecule has 1 fully saturated rings. The van der Waals surface area contributed by atoms with Crippen LogP contribution in [-0.2, 0) is 20.7 Å². The minimum absolute atomic E-state index is 0.0902. The lowest BCUT2D eigenvalue weighted by molar-refractivity contribution is -0.147. The molecule has 1 aromatic carbocycles. The molecule has 1 atom stereocenters. The molecule has 2 rings (SSSR count). The summed E-state index contributed by atoms with van der Waals surface area (Å²) < 4.78 is 15.4. The van der Waals surface area contributed by atoms with Gasteiger partial charge in [-0.1, -0.05) is 25.8 Å². The van der Waals surface area contributed by atoms with Crippen LogP contribution >= 0.6 is 0 Å². The fourth-order valence-corrected chi connectivity index (χ4v) is 3.67. The zero-order chi connectivity index (χ0) is 19.8. The number of carbonyl (C=O) groups excluding carboxylic acids is 2. The molecule has 6 nitrogen and oxygen atoms in total. The maximum absolute atomic E-state index is 12.9. The van der Waals surface area contributed by atoms with Crippen molar-refractivity contribution in [2.45, 2.75) is 51.5 Å². The summed E-state index contributed by atoms with van der Waals surface area (Å²) in [6.45, 7) is 2.23. The normalized spacial score (nSPS) is 15.3. The Labute approximate surface area is 161 Å². The fourth-order valence-electron chi connectivity index (χ4n) is 3.67. The van der Waals surface area contributed by atoms with Crippen molar-refractivity contribution >= 4 is 11.9 Å². The van der Waals surface area contributed by atoms with Crippen molar-refractivity contribution in [3.05, 3.63) is 23.8 Å². The molecule has 6 heteroatoms. The number of carbonyl (C=O) groups is 2. The summed E-state index contributed by atoms with van der Waals surface area (Å²) in [5.74, 6) is 0.834. The molecule has 27 heavy (non-hydrogen) atoms. The van der Waals surface area contributed by atoms with Crippen LogP contribution in [0.25, 0.3) is 0 Å². The maximum Gasteiger partial charge on any atom is 0.310 e. The Hall–Kier alpha value is -2.24. The quantitative estimate of drug-likeness (QED) is 0.618. The van der Waals surface area contributed by atoms with Crippen LogP contribution in [0.5, 0.6) is 11.5 Å². The highest BCUT2D eigenvalue weighted by Crippen LogP contribution is 2.29. The number of rotatable bonds is 9. The molecule has 1 aliphatic rings. The molecule has 1 amide bonds. The van der Waals surface area contributed by atoms with Crippen molar-refractivity contribution in [1.82, 2.24) is 4.90 Å². The van der Waals surface area contributed by atoms with Crippen molar-refractivity contribution in [2.24, 2.45) is 5.92 Å². The van der Waals surface area contributed by atoms with Gasteiger partial charge in [-0.3, -0.25) is 9.59 Å². The Bertz CT molecular complexity index is 639. The molecule has 0 radical (unpaired) electrons. The Morgan fingerprint density at radius 2 is 1.78 bits per heavy atom. The molecule has 150 valence electrons. The lowest BCUT2D eigenvalue weighted by Crippen LogP contribution is -2.43. The number of nitrogens with zero attached hydrogens (tertiary/aromatic N) is 1. The number of ether oxygens (including phenoxy) is 3. The Kier molecular flexibility index (Phi) is 7.95. The monoisotopic (exact) mass is 377 g/mol. The number of hydrogen-bond donors (Lipinski definition) is 0. The molecule has 0 heterocycles. The zero-order valence-electron chi connectivity index (χ0n) is 16.8. The molecule has 0 spiro atoms. The average Bonchev–Trinajstić information content (AvgIpc) is 3.23. The Balaban J connectivity index is 2.03. The van der Waals surface area contributed by atoms with Crippen LogP contribution in [0.15, 0.2) is 18.2 Å². The standard InChI is InChI=1S/C21H31NO5/c1-15(21(24)27-4)14-22(17-7-5-6-8-17)20(23)12-10-16-9-11-18(25-2)19(13-16)26-3/h9,11,13,15,17H,5-8,10,12,14H2,1-4H3. The van der Waals surface area contributed by atoms with Crippen molar-refractivity contribution in [3.8, 4) is 11.5 Å². The van der Waals surface area contributed by atoms with Crippen molar-refractivity contribution in [1.29, 1.82) is 0 Å². The summed E-state index contributed by atoms with van der Waals surface area (Å²) in [6, 6.07) is 5.94. The number of amides is 1. The van der Waals surface area contributed by atoms with E-state index in [4.69, 9.17) is 14.2 Å². The molecule has 1 saturated carbocycles. The van der Waals surface area contributed by atoms with Gasteiger partial charge in [0.15, 0.2) is 11.5 Å². The summed E-state index contributed by atoms with van der Waals surface area (Å²) in [7, 11) is 4.59. The molecular weight excluding hydrogens is 346 g/mol.